The highest BCUT2D eigenvalue weighted by Crippen LogP contribution is 2.30. The van der Waals surface area contributed by atoms with E-state index in [-0.39, 0.29) is 12.5 Å². The molecule has 0 saturated heterocycles. The lowest BCUT2D eigenvalue weighted by Crippen LogP contribution is -2.57. The van der Waals surface area contributed by atoms with E-state index < -0.39 is 6.47 Å². The predicted octanol–water partition coefficient (Wildman–Crippen LogP) is -1.73. The summed E-state index contributed by atoms with van der Waals surface area (Å²) in [6, 6.07) is 5.32. The summed E-state index contributed by atoms with van der Waals surface area (Å²) >= 11 is 0. The van der Waals surface area contributed by atoms with Crippen LogP contribution in [0.25, 0.3) is 0 Å². The molecule has 7 heteroatoms. The zero-order valence-electron chi connectivity index (χ0n) is 11.2. The van der Waals surface area contributed by atoms with Crippen molar-refractivity contribution in [2.24, 2.45) is 0 Å². The summed E-state index contributed by atoms with van der Waals surface area (Å²) in [5.41, 5.74) is 4.32. The first-order chi connectivity index (χ1) is 9.05. The Bertz CT molecular complexity index is 423. The van der Waals surface area contributed by atoms with Gasteiger partial charge in [-0.25, -0.2) is 0 Å². The molecule has 106 valence electrons. The van der Waals surface area contributed by atoms with Gasteiger partial charge >= 0.3 is 0 Å². The van der Waals surface area contributed by atoms with Gasteiger partial charge in [-0.15, -0.1) is 0 Å². The average Bonchev–Trinajstić information content (AvgIpc) is 2.45. The highest BCUT2D eigenvalue weighted by atomic mass is 16.5. The molecule has 3 N–H and O–H groups in total. The quantitative estimate of drug-likeness (QED) is 0.655. The molecular formula is C12H18N2O5. The predicted molar refractivity (Wildman–Crippen MR) is 66.8 cm³/mol. The third-order valence-corrected chi connectivity index (χ3v) is 2.34. The van der Waals surface area contributed by atoms with Crippen molar-refractivity contribution in [3.05, 3.63) is 18.2 Å². The standard InChI is InChI=1S/C11H16N2O3.CH2O2/c1-13(11(14)7-12)8-4-5-9(15-2)10(6-8)16-3;2-1-3/h4-6H,7,12H2,1-3H3;1H,(H,2,3). The second-order valence-electron chi connectivity index (χ2n) is 3.34. The number of carbonyl (C=O) groups excluding carboxylic acids is 2. The second-order valence-corrected chi connectivity index (χ2v) is 3.34. The first-order valence-electron chi connectivity index (χ1n) is 5.39. The maximum atomic E-state index is 11.5. The number of likely N-dealkylation sites (N-methyl/N-ethyl adjacent to an activating group) is 1. The summed E-state index contributed by atoms with van der Waals surface area (Å²) < 4.78 is 10.3. The number of methoxy groups -OCH3 is 2. The zero-order chi connectivity index (χ0) is 14.8. The molecular weight excluding hydrogens is 252 g/mol. The zero-order valence-corrected chi connectivity index (χ0v) is 11.2. The SMILES string of the molecule is COc1ccc(N(C)C(=O)C[NH3+])cc1OC.O=C[O-]. The lowest BCUT2D eigenvalue weighted by Gasteiger charge is -2.17. The Balaban J connectivity index is 0.000000982. The molecule has 0 radical (unpaired) electrons. The topological polar surface area (TPSA) is 107 Å². The number of rotatable bonds is 4. The molecule has 0 fully saturated rings. The largest absolute Gasteiger partial charge is 0.554 e. The third kappa shape index (κ3) is 4.84. The van der Waals surface area contributed by atoms with Crippen molar-refractivity contribution < 1.29 is 29.9 Å². The van der Waals surface area contributed by atoms with Gasteiger partial charge in [0.15, 0.2) is 18.0 Å². The van der Waals surface area contributed by atoms with Gasteiger partial charge in [-0.3, -0.25) is 4.79 Å². The Hall–Kier alpha value is -2.28. The number of benzene rings is 1. The first-order valence-corrected chi connectivity index (χ1v) is 5.39. The van der Waals surface area contributed by atoms with E-state index in [9.17, 15) is 4.79 Å². The van der Waals surface area contributed by atoms with Crippen LogP contribution in [0, 0.1) is 0 Å². The van der Waals surface area contributed by atoms with Crippen molar-refractivity contribution in [2.75, 3.05) is 32.7 Å². The van der Waals surface area contributed by atoms with Crippen LogP contribution in [-0.2, 0) is 9.59 Å². The normalized spacial score (nSPS) is 8.84. The van der Waals surface area contributed by atoms with Crippen molar-refractivity contribution in [3.63, 3.8) is 0 Å². The van der Waals surface area contributed by atoms with Crippen LogP contribution in [-0.4, -0.2) is 40.2 Å². The molecule has 0 aliphatic heterocycles. The van der Waals surface area contributed by atoms with Crippen LogP contribution in [0.5, 0.6) is 11.5 Å². The summed E-state index contributed by atoms with van der Waals surface area (Å²) in [4.78, 5) is 21.2. The number of amides is 1. The monoisotopic (exact) mass is 270 g/mol. The van der Waals surface area contributed by atoms with E-state index >= 15 is 0 Å². The van der Waals surface area contributed by atoms with E-state index in [1.807, 2.05) is 0 Å². The van der Waals surface area contributed by atoms with Gasteiger partial charge in [-0.2, -0.15) is 0 Å². The molecule has 1 aromatic carbocycles. The molecule has 1 aromatic rings. The molecule has 19 heavy (non-hydrogen) atoms. The molecule has 0 bridgehead atoms. The van der Waals surface area contributed by atoms with Crippen LogP contribution in [0.3, 0.4) is 0 Å². The Morgan fingerprint density at radius 2 is 1.89 bits per heavy atom. The molecule has 0 aromatic heterocycles. The minimum Gasteiger partial charge on any atom is -0.554 e. The van der Waals surface area contributed by atoms with Crippen molar-refractivity contribution in [2.45, 2.75) is 0 Å². The van der Waals surface area contributed by atoms with E-state index in [2.05, 4.69) is 5.73 Å². The number of carbonyl (C=O) groups is 2. The molecule has 1 amide bonds. The van der Waals surface area contributed by atoms with E-state index in [0.717, 1.165) is 5.69 Å². The van der Waals surface area contributed by atoms with Gasteiger partial charge in [0.25, 0.3) is 5.91 Å². The minimum absolute atomic E-state index is 0.0489. The molecule has 0 aliphatic rings. The Kier molecular flexibility index (Phi) is 7.71. The van der Waals surface area contributed by atoms with Crippen molar-refractivity contribution in [1.82, 2.24) is 0 Å². The van der Waals surface area contributed by atoms with Gasteiger partial charge in [-0.1, -0.05) is 0 Å². The van der Waals surface area contributed by atoms with E-state index in [4.69, 9.17) is 19.4 Å². The summed E-state index contributed by atoms with van der Waals surface area (Å²) in [6.45, 7) is -0.273. The van der Waals surface area contributed by atoms with Gasteiger partial charge in [-0.05, 0) is 12.1 Å². The van der Waals surface area contributed by atoms with Gasteiger partial charge < -0.3 is 30.0 Å². The smallest absolute Gasteiger partial charge is 0.281 e. The van der Waals surface area contributed by atoms with Gasteiger partial charge in [0.05, 0.1) is 14.2 Å². The third-order valence-electron chi connectivity index (χ3n) is 2.34. The fourth-order valence-corrected chi connectivity index (χ4v) is 1.35. The van der Waals surface area contributed by atoms with Crippen LogP contribution >= 0.6 is 0 Å². The number of hydrogen-bond donors (Lipinski definition) is 1. The maximum Gasteiger partial charge on any atom is 0.281 e. The van der Waals surface area contributed by atoms with Crippen LogP contribution in [0.4, 0.5) is 5.69 Å². The van der Waals surface area contributed by atoms with Crippen molar-refractivity contribution >= 4 is 18.1 Å². The number of ether oxygens (including phenoxy) is 2. The highest BCUT2D eigenvalue weighted by Gasteiger charge is 2.13. The van der Waals surface area contributed by atoms with Crippen LogP contribution in [0.1, 0.15) is 0 Å². The number of hydrogen-bond acceptors (Lipinski definition) is 5. The fourth-order valence-electron chi connectivity index (χ4n) is 1.35. The summed E-state index contributed by atoms with van der Waals surface area (Å²) in [5, 5.41) is 8.25. The molecule has 0 aliphatic carbocycles. The Morgan fingerprint density at radius 3 is 2.32 bits per heavy atom. The number of carboxylic acid groups (broad SMARTS) is 1. The Morgan fingerprint density at radius 1 is 1.37 bits per heavy atom. The summed E-state index contributed by atoms with van der Waals surface area (Å²) in [6.07, 6.45) is 0. The van der Waals surface area contributed by atoms with E-state index in [1.165, 1.54) is 4.90 Å². The lowest BCUT2D eigenvalue weighted by molar-refractivity contribution is -0.354. The molecule has 0 spiro atoms. The average molecular weight is 270 g/mol. The highest BCUT2D eigenvalue weighted by molar-refractivity contribution is 5.93. The minimum atomic E-state index is -0.500. The lowest BCUT2D eigenvalue weighted by atomic mass is 10.2. The molecule has 1 rings (SSSR count). The van der Waals surface area contributed by atoms with Crippen LogP contribution in [0.15, 0.2) is 18.2 Å². The molecule has 0 atom stereocenters. The van der Waals surface area contributed by atoms with E-state index in [1.54, 1.807) is 39.5 Å². The van der Waals surface area contributed by atoms with Crippen LogP contribution in [0.2, 0.25) is 0 Å². The fraction of sp³-hybridized carbons (Fsp3) is 0.333. The van der Waals surface area contributed by atoms with E-state index in [0.29, 0.717) is 11.5 Å². The summed E-state index contributed by atoms with van der Waals surface area (Å²) in [5.74, 6) is 1.19. The molecule has 0 unspecified atom stereocenters. The summed E-state index contributed by atoms with van der Waals surface area (Å²) in [7, 11) is 4.84. The molecule has 0 saturated carbocycles. The van der Waals surface area contributed by atoms with Gasteiger partial charge in [0.2, 0.25) is 0 Å². The molecule has 0 heterocycles. The number of nitrogens with zero attached hydrogens (tertiary/aromatic N) is 1. The molecule has 7 nitrogen and oxygen atoms in total. The van der Waals surface area contributed by atoms with Gasteiger partial charge in [0, 0.05) is 25.3 Å². The van der Waals surface area contributed by atoms with Crippen LogP contribution < -0.4 is 25.2 Å². The van der Waals surface area contributed by atoms with Gasteiger partial charge in [0.1, 0.15) is 0 Å². The maximum absolute atomic E-state index is 11.5. The Labute approximate surface area is 111 Å². The van der Waals surface area contributed by atoms with Crippen molar-refractivity contribution in [3.8, 4) is 11.5 Å². The van der Waals surface area contributed by atoms with Crippen molar-refractivity contribution in [1.29, 1.82) is 0 Å². The first kappa shape index (κ1) is 16.7. The number of quaternary nitrogens is 1. The number of anilines is 1. The second kappa shape index (κ2) is 8.76.